The molecule has 1 aliphatic rings. The quantitative estimate of drug-likeness (QED) is 0.390. The van der Waals surface area contributed by atoms with E-state index in [9.17, 15) is 29.3 Å². The second kappa shape index (κ2) is 9.69. The lowest BCUT2D eigenvalue weighted by atomic mass is 10.1. The van der Waals surface area contributed by atoms with Crippen LogP contribution in [0, 0.1) is 16.0 Å². The molecule has 0 spiro atoms. The third kappa shape index (κ3) is 5.25. The highest BCUT2D eigenvalue weighted by Crippen LogP contribution is 2.27. The van der Waals surface area contributed by atoms with E-state index in [4.69, 9.17) is 4.74 Å². The van der Waals surface area contributed by atoms with E-state index >= 15 is 0 Å². The van der Waals surface area contributed by atoms with Gasteiger partial charge in [0, 0.05) is 36.5 Å². The molecule has 32 heavy (non-hydrogen) atoms. The summed E-state index contributed by atoms with van der Waals surface area (Å²) < 4.78 is 9.62. The van der Waals surface area contributed by atoms with Gasteiger partial charge in [-0.25, -0.2) is 4.79 Å². The highest BCUT2D eigenvalue weighted by molar-refractivity contribution is 6.00. The fourth-order valence-corrected chi connectivity index (χ4v) is 3.13. The average molecular weight is 441 g/mol. The number of carbonyl (C=O) groups is 4. The van der Waals surface area contributed by atoms with Gasteiger partial charge in [0.25, 0.3) is 11.6 Å². The molecule has 0 unspecified atom stereocenters. The van der Waals surface area contributed by atoms with Crippen LogP contribution in [0.2, 0.25) is 0 Å². The first-order valence-corrected chi connectivity index (χ1v) is 9.48. The van der Waals surface area contributed by atoms with Crippen molar-refractivity contribution in [1.29, 1.82) is 0 Å². The Labute approximate surface area is 182 Å². The van der Waals surface area contributed by atoms with E-state index in [-0.39, 0.29) is 24.6 Å². The number of rotatable bonds is 7. The summed E-state index contributed by atoms with van der Waals surface area (Å²) in [5, 5.41) is 13.3. The van der Waals surface area contributed by atoms with E-state index in [1.54, 1.807) is 0 Å². The fourth-order valence-electron chi connectivity index (χ4n) is 3.13. The molecule has 0 aromatic heterocycles. The van der Waals surface area contributed by atoms with E-state index in [0.29, 0.717) is 16.9 Å². The maximum Gasteiger partial charge on any atom is 0.337 e. The van der Waals surface area contributed by atoms with Gasteiger partial charge in [-0.1, -0.05) is 0 Å². The van der Waals surface area contributed by atoms with Crippen molar-refractivity contribution in [1.82, 2.24) is 0 Å². The zero-order valence-electron chi connectivity index (χ0n) is 17.0. The van der Waals surface area contributed by atoms with Gasteiger partial charge in [-0.15, -0.1) is 0 Å². The number of nitrogens with zero attached hydrogens (tertiary/aromatic N) is 2. The number of nitro groups is 1. The number of non-ortho nitro benzene ring substituents is 1. The van der Waals surface area contributed by atoms with Gasteiger partial charge in [0.15, 0.2) is 6.61 Å². The highest BCUT2D eigenvalue weighted by atomic mass is 16.6. The minimum Gasteiger partial charge on any atom is -0.465 e. The van der Waals surface area contributed by atoms with Crippen LogP contribution in [0.25, 0.3) is 0 Å². The van der Waals surface area contributed by atoms with E-state index in [1.807, 2.05) is 0 Å². The SMILES string of the molecule is COC(=O)c1ccc(NC(=O)COC(=O)[C@@H]2CC(=O)N(c3ccc([N+](=O)[O-])cc3)C2)cc1. The predicted molar refractivity (Wildman–Crippen MR) is 111 cm³/mol. The normalized spacial score (nSPS) is 15.2. The summed E-state index contributed by atoms with van der Waals surface area (Å²) in [6, 6.07) is 11.4. The Hall–Kier alpha value is -4.28. The maximum absolute atomic E-state index is 12.3. The molecule has 1 fully saturated rings. The van der Waals surface area contributed by atoms with Crippen molar-refractivity contribution in [3.63, 3.8) is 0 Å². The number of amides is 2. The van der Waals surface area contributed by atoms with Crippen molar-refractivity contribution < 1.29 is 33.6 Å². The lowest BCUT2D eigenvalue weighted by Gasteiger charge is -2.16. The zero-order valence-corrected chi connectivity index (χ0v) is 17.0. The van der Waals surface area contributed by atoms with Gasteiger partial charge in [-0.05, 0) is 36.4 Å². The molecule has 2 amide bonds. The molecule has 166 valence electrons. The van der Waals surface area contributed by atoms with Crippen LogP contribution in [0.1, 0.15) is 16.8 Å². The molecule has 3 rings (SSSR count). The van der Waals surface area contributed by atoms with Gasteiger partial charge in [-0.3, -0.25) is 24.5 Å². The summed E-state index contributed by atoms with van der Waals surface area (Å²) >= 11 is 0. The molecule has 11 heteroatoms. The van der Waals surface area contributed by atoms with E-state index in [0.717, 1.165) is 0 Å². The Bertz CT molecular complexity index is 1050. The molecule has 0 bridgehead atoms. The molecule has 1 saturated heterocycles. The first-order valence-electron chi connectivity index (χ1n) is 9.48. The number of nitro benzene ring substituents is 1. The summed E-state index contributed by atoms with van der Waals surface area (Å²) in [6.07, 6.45) is -0.0908. The van der Waals surface area contributed by atoms with Gasteiger partial charge >= 0.3 is 11.9 Å². The maximum atomic E-state index is 12.3. The second-order valence-electron chi connectivity index (χ2n) is 6.90. The number of esters is 2. The number of nitrogens with one attached hydrogen (secondary N) is 1. The Morgan fingerprint density at radius 3 is 2.38 bits per heavy atom. The zero-order chi connectivity index (χ0) is 23.3. The van der Waals surface area contributed by atoms with Crippen LogP contribution >= 0.6 is 0 Å². The van der Waals surface area contributed by atoms with Crippen molar-refractivity contribution in [3.8, 4) is 0 Å². The van der Waals surface area contributed by atoms with Gasteiger partial charge < -0.3 is 19.7 Å². The Balaban J connectivity index is 1.50. The number of hydrogen-bond donors (Lipinski definition) is 1. The van der Waals surface area contributed by atoms with Gasteiger partial charge in [0.05, 0.1) is 23.5 Å². The minimum atomic E-state index is -0.759. The predicted octanol–water partition coefficient (Wildman–Crippen LogP) is 1.92. The van der Waals surface area contributed by atoms with Crippen LogP contribution in [0.15, 0.2) is 48.5 Å². The molecule has 1 N–H and O–H groups in total. The number of methoxy groups -OCH3 is 1. The lowest BCUT2D eigenvalue weighted by Crippen LogP contribution is -2.28. The average Bonchev–Trinajstić information content (AvgIpc) is 3.19. The third-order valence-corrected chi connectivity index (χ3v) is 4.77. The van der Waals surface area contributed by atoms with Crippen molar-refractivity contribution >= 4 is 40.8 Å². The Morgan fingerprint density at radius 2 is 1.78 bits per heavy atom. The molecule has 0 radical (unpaired) electrons. The summed E-state index contributed by atoms with van der Waals surface area (Å²) in [6.45, 7) is -0.494. The Kier molecular flexibility index (Phi) is 6.78. The van der Waals surface area contributed by atoms with Crippen LogP contribution < -0.4 is 10.2 Å². The van der Waals surface area contributed by atoms with E-state index in [2.05, 4.69) is 10.1 Å². The summed E-state index contributed by atoms with van der Waals surface area (Å²) in [4.78, 5) is 59.5. The van der Waals surface area contributed by atoms with Crippen LogP contribution in [-0.2, 0) is 23.9 Å². The topological polar surface area (TPSA) is 145 Å². The summed E-state index contributed by atoms with van der Waals surface area (Å²) in [5.74, 6) is -2.87. The number of carbonyl (C=O) groups excluding carboxylic acids is 4. The van der Waals surface area contributed by atoms with Crippen molar-refractivity contribution in [2.24, 2.45) is 5.92 Å². The monoisotopic (exact) mass is 441 g/mol. The summed E-state index contributed by atoms with van der Waals surface area (Å²) in [7, 11) is 1.26. The van der Waals surface area contributed by atoms with Crippen molar-refractivity contribution in [3.05, 3.63) is 64.2 Å². The van der Waals surface area contributed by atoms with Crippen LogP contribution in [-0.4, -0.2) is 48.9 Å². The molecule has 2 aromatic rings. The molecule has 1 aliphatic heterocycles. The molecular formula is C21H19N3O8. The molecule has 2 aromatic carbocycles. The largest absolute Gasteiger partial charge is 0.465 e. The number of hydrogen-bond acceptors (Lipinski definition) is 8. The van der Waals surface area contributed by atoms with Crippen LogP contribution in [0.3, 0.4) is 0 Å². The second-order valence-corrected chi connectivity index (χ2v) is 6.90. The minimum absolute atomic E-state index is 0.0477. The molecule has 1 heterocycles. The van der Waals surface area contributed by atoms with E-state index < -0.39 is 35.3 Å². The molecule has 11 nitrogen and oxygen atoms in total. The van der Waals surface area contributed by atoms with Crippen LogP contribution in [0.4, 0.5) is 17.1 Å². The fraction of sp³-hybridized carbons (Fsp3) is 0.238. The van der Waals surface area contributed by atoms with Crippen molar-refractivity contribution in [2.75, 3.05) is 30.5 Å². The van der Waals surface area contributed by atoms with Gasteiger partial charge in [-0.2, -0.15) is 0 Å². The summed E-state index contributed by atoms with van der Waals surface area (Å²) in [5.41, 5.74) is 1.05. The van der Waals surface area contributed by atoms with Gasteiger partial charge in [0.2, 0.25) is 5.91 Å². The standard InChI is InChI=1S/C21H19N3O8/c1-31-20(27)13-2-4-15(5-3-13)22-18(25)12-32-21(28)14-10-19(26)23(11-14)16-6-8-17(9-7-16)24(29)30/h2-9,14H,10-12H2,1H3,(H,22,25)/t14-/m1/s1. The van der Waals surface area contributed by atoms with E-state index in [1.165, 1.54) is 60.5 Å². The molecule has 0 aliphatic carbocycles. The number of benzene rings is 2. The molecule has 1 atom stereocenters. The lowest BCUT2D eigenvalue weighted by molar-refractivity contribution is -0.384. The first kappa shape index (κ1) is 22.4. The molecular weight excluding hydrogens is 422 g/mol. The number of ether oxygens (including phenoxy) is 2. The molecule has 0 saturated carbocycles. The number of anilines is 2. The van der Waals surface area contributed by atoms with Gasteiger partial charge in [0.1, 0.15) is 0 Å². The first-order chi connectivity index (χ1) is 15.3. The highest BCUT2D eigenvalue weighted by Gasteiger charge is 2.36. The third-order valence-electron chi connectivity index (χ3n) is 4.77. The Morgan fingerprint density at radius 1 is 1.12 bits per heavy atom. The van der Waals surface area contributed by atoms with Crippen molar-refractivity contribution in [2.45, 2.75) is 6.42 Å². The smallest absolute Gasteiger partial charge is 0.337 e. The van der Waals surface area contributed by atoms with Crippen LogP contribution in [0.5, 0.6) is 0 Å².